The molecule has 0 aliphatic heterocycles. The summed E-state index contributed by atoms with van der Waals surface area (Å²) in [6, 6.07) is 0. The molecule has 1 fully saturated rings. The van der Waals surface area contributed by atoms with Gasteiger partial charge in [-0.05, 0) is 46.5 Å². The summed E-state index contributed by atoms with van der Waals surface area (Å²) < 4.78 is 10.6. The maximum atomic E-state index is 8.69. The van der Waals surface area contributed by atoms with Gasteiger partial charge in [0.25, 0.3) is 0 Å². The van der Waals surface area contributed by atoms with Crippen molar-refractivity contribution in [1.82, 2.24) is 0 Å². The molecule has 0 saturated heterocycles. The topological polar surface area (TPSA) is 58.9 Å². The predicted molar refractivity (Wildman–Crippen MR) is 72.7 cm³/mol. The lowest BCUT2D eigenvalue weighted by molar-refractivity contribution is -0.0439. The van der Waals surface area contributed by atoms with Crippen molar-refractivity contribution in [3.63, 3.8) is 0 Å². The largest absolute Gasteiger partial charge is 0.394 e. The highest BCUT2D eigenvalue weighted by Gasteiger charge is 2.19. The number of rotatable bonds is 7. The summed E-state index contributed by atoms with van der Waals surface area (Å²) >= 11 is 0. The van der Waals surface area contributed by atoms with Crippen molar-refractivity contribution in [2.24, 2.45) is 0 Å². The maximum absolute atomic E-state index is 8.69. The highest BCUT2D eigenvalue weighted by molar-refractivity contribution is 4.70. The Morgan fingerprint density at radius 2 is 1.78 bits per heavy atom. The minimum atomic E-state index is -0.445. The molecule has 0 spiro atoms. The molecule has 0 heterocycles. The number of ether oxygens (including phenoxy) is 2. The lowest BCUT2D eigenvalue weighted by atomic mass is 9.96. The van der Waals surface area contributed by atoms with Crippen LogP contribution >= 0.6 is 0 Å². The molecule has 18 heavy (non-hydrogen) atoms. The summed E-state index contributed by atoms with van der Waals surface area (Å²) in [5, 5.41) is 17.1. The zero-order valence-electron chi connectivity index (χ0n) is 12.3. The van der Waals surface area contributed by atoms with Crippen LogP contribution in [0.3, 0.4) is 0 Å². The van der Waals surface area contributed by atoms with E-state index in [0.29, 0.717) is 18.8 Å². The quantitative estimate of drug-likeness (QED) is 0.738. The van der Waals surface area contributed by atoms with Crippen LogP contribution in [0, 0.1) is 0 Å². The van der Waals surface area contributed by atoms with Crippen LogP contribution in [0.15, 0.2) is 0 Å². The average molecular weight is 262 g/mol. The van der Waals surface area contributed by atoms with Gasteiger partial charge in [-0.1, -0.05) is 6.92 Å². The van der Waals surface area contributed by atoms with Crippen LogP contribution < -0.4 is 0 Å². The zero-order valence-corrected chi connectivity index (χ0v) is 12.3. The SMILES string of the molecule is CC(O)COC(C)CO.CCC(C)OC1CCC1. The van der Waals surface area contributed by atoms with Crippen LogP contribution in [-0.4, -0.2) is 47.8 Å². The Morgan fingerprint density at radius 3 is 2.11 bits per heavy atom. The van der Waals surface area contributed by atoms with Crippen LogP contribution in [0.1, 0.15) is 53.4 Å². The van der Waals surface area contributed by atoms with E-state index >= 15 is 0 Å². The molecule has 4 heteroatoms. The molecule has 0 aromatic carbocycles. The molecule has 2 N–H and O–H groups in total. The molecule has 0 radical (unpaired) electrons. The van der Waals surface area contributed by atoms with Gasteiger partial charge in [0.2, 0.25) is 0 Å². The van der Waals surface area contributed by atoms with Gasteiger partial charge < -0.3 is 19.7 Å². The molecule has 1 aliphatic carbocycles. The second kappa shape index (κ2) is 10.7. The fourth-order valence-electron chi connectivity index (χ4n) is 1.29. The van der Waals surface area contributed by atoms with Crippen molar-refractivity contribution >= 4 is 0 Å². The highest BCUT2D eigenvalue weighted by atomic mass is 16.5. The third-order valence-corrected chi connectivity index (χ3v) is 2.93. The average Bonchev–Trinajstić information content (AvgIpc) is 2.31. The Hall–Kier alpha value is -0.160. The van der Waals surface area contributed by atoms with Gasteiger partial charge in [0.1, 0.15) is 0 Å². The first-order valence-electron chi connectivity index (χ1n) is 7.05. The van der Waals surface area contributed by atoms with Gasteiger partial charge in [-0.2, -0.15) is 0 Å². The summed E-state index contributed by atoms with van der Waals surface area (Å²) in [5.41, 5.74) is 0. The minimum absolute atomic E-state index is 0.00667. The molecule has 3 atom stereocenters. The van der Waals surface area contributed by atoms with E-state index in [2.05, 4.69) is 13.8 Å². The van der Waals surface area contributed by atoms with Gasteiger partial charge in [-0.15, -0.1) is 0 Å². The minimum Gasteiger partial charge on any atom is -0.394 e. The van der Waals surface area contributed by atoms with E-state index in [4.69, 9.17) is 19.7 Å². The first-order valence-corrected chi connectivity index (χ1v) is 7.05. The van der Waals surface area contributed by atoms with Crippen LogP contribution in [0.4, 0.5) is 0 Å². The molecule has 0 aromatic heterocycles. The molecule has 0 bridgehead atoms. The van der Waals surface area contributed by atoms with E-state index in [-0.39, 0.29) is 12.7 Å². The normalized spacial score (nSPS) is 20.3. The Balaban J connectivity index is 0.000000321. The van der Waals surface area contributed by atoms with Crippen molar-refractivity contribution in [2.75, 3.05) is 13.2 Å². The van der Waals surface area contributed by atoms with Crippen molar-refractivity contribution in [1.29, 1.82) is 0 Å². The molecular weight excluding hydrogens is 232 g/mol. The van der Waals surface area contributed by atoms with E-state index in [1.54, 1.807) is 13.8 Å². The van der Waals surface area contributed by atoms with Crippen molar-refractivity contribution in [2.45, 2.75) is 77.8 Å². The molecule has 0 aromatic rings. The number of aliphatic hydroxyl groups excluding tert-OH is 2. The van der Waals surface area contributed by atoms with Gasteiger partial charge in [0, 0.05) is 0 Å². The van der Waals surface area contributed by atoms with Gasteiger partial charge in [0.05, 0.1) is 37.6 Å². The fourth-order valence-corrected chi connectivity index (χ4v) is 1.29. The van der Waals surface area contributed by atoms with Crippen LogP contribution in [-0.2, 0) is 9.47 Å². The van der Waals surface area contributed by atoms with E-state index in [1.165, 1.54) is 19.3 Å². The Kier molecular flexibility index (Phi) is 10.6. The van der Waals surface area contributed by atoms with Crippen LogP contribution in [0.25, 0.3) is 0 Å². The smallest absolute Gasteiger partial charge is 0.0779 e. The first kappa shape index (κ1) is 17.8. The maximum Gasteiger partial charge on any atom is 0.0779 e. The van der Waals surface area contributed by atoms with Crippen molar-refractivity contribution in [3.8, 4) is 0 Å². The Bertz CT molecular complexity index is 178. The summed E-state index contributed by atoms with van der Waals surface area (Å²) in [4.78, 5) is 0. The zero-order chi connectivity index (χ0) is 14.0. The summed E-state index contributed by atoms with van der Waals surface area (Å²) in [6.07, 6.45) is 5.60. The van der Waals surface area contributed by atoms with E-state index in [1.807, 2.05) is 0 Å². The molecule has 110 valence electrons. The Morgan fingerprint density at radius 1 is 1.17 bits per heavy atom. The van der Waals surface area contributed by atoms with Gasteiger partial charge in [-0.3, -0.25) is 0 Å². The lowest BCUT2D eigenvalue weighted by Crippen LogP contribution is -2.25. The monoisotopic (exact) mass is 262 g/mol. The van der Waals surface area contributed by atoms with Crippen LogP contribution in [0.2, 0.25) is 0 Å². The van der Waals surface area contributed by atoms with E-state index in [9.17, 15) is 0 Å². The molecule has 1 rings (SSSR count). The predicted octanol–water partition coefficient (Wildman–Crippen LogP) is 2.12. The number of hydrogen-bond acceptors (Lipinski definition) is 4. The third kappa shape index (κ3) is 9.83. The fraction of sp³-hybridized carbons (Fsp3) is 1.00. The van der Waals surface area contributed by atoms with Crippen molar-refractivity contribution in [3.05, 3.63) is 0 Å². The Labute approximate surface area is 111 Å². The van der Waals surface area contributed by atoms with Crippen molar-refractivity contribution < 1.29 is 19.7 Å². The van der Waals surface area contributed by atoms with Gasteiger partial charge in [0.15, 0.2) is 0 Å². The van der Waals surface area contributed by atoms with Gasteiger partial charge in [-0.25, -0.2) is 0 Å². The summed E-state index contributed by atoms with van der Waals surface area (Å²) in [6.45, 7) is 8.02. The molecule has 1 aliphatic rings. The molecular formula is C14H30O4. The number of aliphatic hydroxyl groups is 2. The lowest BCUT2D eigenvalue weighted by Gasteiger charge is -2.28. The molecule has 0 amide bonds. The summed E-state index contributed by atoms with van der Waals surface area (Å²) in [7, 11) is 0. The third-order valence-electron chi connectivity index (χ3n) is 2.93. The van der Waals surface area contributed by atoms with E-state index < -0.39 is 6.10 Å². The van der Waals surface area contributed by atoms with Crippen LogP contribution in [0.5, 0.6) is 0 Å². The molecule has 3 unspecified atom stereocenters. The standard InChI is InChI=1S/C8H16O.C6H14O3/c1-3-7(2)9-8-5-4-6-8;1-5(8)4-9-6(2)3-7/h7-8H,3-6H2,1-2H3;5-8H,3-4H2,1-2H3. The second-order valence-corrected chi connectivity index (χ2v) is 5.08. The second-order valence-electron chi connectivity index (χ2n) is 5.08. The van der Waals surface area contributed by atoms with E-state index in [0.717, 1.165) is 6.42 Å². The number of hydrogen-bond donors (Lipinski definition) is 2. The molecule has 4 nitrogen and oxygen atoms in total. The van der Waals surface area contributed by atoms with Gasteiger partial charge >= 0.3 is 0 Å². The molecule has 1 saturated carbocycles. The first-order chi connectivity index (χ1) is 8.49. The highest BCUT2D eigenvalue weighted by Crippen LogP contribution is 2.23. The summed E-state index contributed by atoms with van der Waals surface area (Å²) in [5.74, 6) is 0.